The van der Waals surface area contributed by atoms with Gasteiger partial charge in [-0.25, -0.2) is 21.5 Å². The fourth-order valence-electron chi connectivity index (χ4n) is 4.50. The number of nitrogens with zero attached hydrogens (tertiary/aromatic N) is 4. The maximum absolute atomic E-state index is 13.2. The molecule has 12 nitrogen and oxygen atoms in total. The van der Waals surface area contributed by atoms with Gasteiger partial charge in [0.1, 0.15) is 20.2 Å². The van der Waals surface area contributed by atoms with Gasteiger partial charge in [0.2, 0.25) is 0 Å². The van der Waals surface area contributed by atoms with Crippen LogP contribution in [0.3, 0.4) is 0 Å². The minimum Gasteiger partial charge on any atom is -0.858 e. The van der Waals surface area contributed by atoms with Crippen molar-refractivity contribution in [1.29, 1.82) is 0 Å². The Balaban J connectivity index is 0.00000267. The van der Waals surface area contributed by atoms with Crippen LogP contribution in [0.5, 0.6) is 5.88 Å². The molecule has 0 bridgehead atoms. The van der Waals surface area contributed by atoms with Gasteiger partial charge in [-0.3, -0.25) is 4.79 Å². The molecule has 0 saturated heterocycles. The third-order valence-electron chi connectivity index (χ3n) is 6.83. The summed E-state index contributed by atoms with van der Waals surface area (Å²) < 4.78 is 68.6. The van der Waals surface area contributed by atoms with E-state index in [4.69, 9.17) is 0 Å². The first-order valence-electron chi connectivity index (χ1n) is 13.2. The van der Waals surface area contributed by atoms with Gasteiger partial charge in [0.15, 0.2) is 0 Å². The summed E-state index contributed by atoms with van der Waals surface area (Å²) in [5, 5.41) is 22.9. The molecule has 0 saturated carbocycles. The zero-order chi connectivity index (χ0) is 32.5. The number of hydrogen-bond donors (Lipinski definition) is 0. The number of anilines is 1. The van der Waals surface area contributed by atoms with Gasteiger partial charge < -0.3 is 14.2 Å². The molecule has 48 heavy (non-hydrogen) atoms. The zero-order valence-corrected chi connectivity index (χ0v) is 37.7. The van der Waals surface area contributed by atoms with Crippen LogP contribution in [-0.2, 0) is 25.0 Å². The van der Waals surface area contributed by atoms with Crippen LogP contribution in [0, 0.1) is 6.92 Å². The van der Waals surface area contributed by atoms with Crippen LogP contribution in [0.25, 0.3) is 17.3 Å². The first kappa shape index (κ1) is 43.9. The minimum absolute atomic E-state index is 0. The molecule has 1 aliphatic heterocycles. The Labute approximate surface area is 405 Å². The van der Waals surface area contributed by atoms with Crippen molar-refractivity contribution in [2.75, 3.05) is 5.01 Å². The smallest absolute Gasteiger partial charge is 0.858 e. The number of carbonyl (C=O) groups is 1. The first-order valence-corrected chi connectivity index (χ1v) is 16.0. The molecule has 4 aromatic rings. The van der Waals surface area contributed by atoms with Gasteiger partial charge >= 0.3 is 154 Å². The topological polar surface area (TPSA) is 188 Å². The second kappa shape index (κ2) is 18.5. The molecule has 1 amide bonds. The quantitative estimate of drug-likeness (QED) is 0.0731. The third kappa shape index (κ3) is 10.4. The van der Waals surface area contributed by atoms with Crippen molar-refractivity contribution < 1.29 is 190 Å². The summed E-state index contributed by atoms with van der Waals surface area (Å²) in [5.74, 6) is -0.930. The Morgan fingerprint density at radius 2 is 1.29 bits per heavy atom. The second-order valence-electron chi connectivity index (χ2n) is 9.82. The Bertz CT molecular complexity index is 2150. The monoisotopic (exact) mass is 760 g/mol. The Kier molecular flexibility index (Phi) is 16.9. The van der Waals surface area contributed by atoms with E-state index in [1.54, 1.807) is 38.2 Å². The van der Waals surface area contributed by atoms with Crippen LogP contribution in [0.4, 0.5) is 5.69 Å². The SMILES string of the molecule is CC1=NN(c2ccc(S(=O)(=O)[O-])cc2)C(=O)/C1=C/C=C(/C=C/c1c(C)nn(-c2ccc(S(=O)(=O)[O-])cc2)c1[O-])c1ccccc1.[K+].[K+].[K+]. The van der Waals surface area contributed by atoms with Crippen molar-refractivity contribution in [1.82, 2.24) is 9.78 Å². The molecule has 2 heterocycles. The number of aromatic nitrogens is 2. The van der Waals surface area contributed by atoms with Crippen molar-refractivity contribution in [3.63, 3.8) is 0 Å². The third-order valence-corrected chi connectivity index (χ3v) is 8.53. The van der Waals surface area contributed by atoms with Crippen molar-refractivity contribution >= 4 is 49.2 Å². The summed E-state index contributed by atoms with van der Waals surface area (Å²) in [6.45, 7) is 3.29. The maximum atomic E-state index is 13.2. The minimum atomic E-state index is -4.64. The summed E-state index contributed by atoms with van der Waals surface area (Å²) in [4.78, 5) is 12.4. The van der Waals surface area contributed by atoms with Gasteiger partial charge in [-0.1, -0.05) is 48.6 Å². The maximum Gasteiger partial charge on any atom is 1.00 e. The molecule has 17 heteroatoms. The van der Waals surface area contributed by atoms with Crippen LogP contribution < -0.4 is 164 Å². The fraction of sp³-hybridized carbons (Fsp3) is 0.0645. The summed E-state index contributed by atoms with van der Waals surface area (Å²) >= 11 is 0. The molecular formula is C31H23K3N4O8S2. The molecule has 1 aromatic heterocycles. The summed E-state index contributed by atoms with van der Waals surface area (Å²) in [5.41, 5.74) is 3.34. The molecule has 0 spiro atoms. The van der Waals surface area contributed by atoms with Crippen molar-refractivity contribution in [2.24, 2.45) is 5.10 Å². The average molecular weight is 761 g/mol. The molecule has 0 N–H and O–H groups in total. The number of aryl methyl sites for hydroxylation is 1. The molecule has 3 aromatic carbocycles. The molecule has 5 rings (SSSR count). The summed E-state index contributed by atoms with van der Waals surface area (Å²) in [6, 6.07) is 18.9. The van der Waals surface area contributed by atoms with Crippen LogP contribution in [0.15, 0.2) is 118 Å². The van der Waals surface area contributed by atoms with Gasteiger partial charge in [-0.2, -0.15) is 15.2 Å². The van der Waals surface area contributed by atoms with Gasteiger partial charge in [-0.05, 0) is 85.5 Å². The van der Waals surface area contributed by atoms with Gasteiger partial charge in [0.05, 0.1) is 38.1 Å². The van der Waals surface area contributed by atoms with E-state index in [1.165, 1.54) is 24.3 Å². The Hall–Kier alpha value is -0.241. The molecule has 1 aliphatic rings. The van der Waals surface area contributed by atoms with E-state index < -0.39 is 41.8 Å². The van der Waals surface area contributed by atoms with E-state index in [0.29, 0.717) is 17.0 Å². The van der Waals surface area contributed by atoms with Gasteiger partial charge in [-0.15, -0.1) is 0 Å². The van der Waals surface area contributed by atoms with Crippen LogP contribution in [0.1, 0.15) is 23.7 Å². The van der Waals surface area contributed by atoms with Crippen LogP contribution in [0.2, 0.25) is 0 Å². The van der Waals surface area contributed by atoms with E-state index in [2.05, 4.69) is 10.2 Å². The van der Waals surface area contributed by atoms with Crippen molar-refractivity contribution in [2.45, 2.75) is 23.6 Å². The summed E-state index contributed by atoms with van der Waals surface area (Å²) in [7, 11) is -9.29. The van der Waals surface area contributed by atoms with Crippen molar-refractivity contribution in [3.8, 4) is 11.6 Å². The standard InChI is InChI=1S/C31H26N4O8S2.3K/c1-20-28(30(36)34(32-20)24-10-14-26(15-11-24)44(38,39)40)18-8-23(22-6-4-3-5-7-22)9-19-29-21(2)33-35(31(29)37)25-12-16-27(17-13-25)45(41,42)43;;;/h3-19,36H,1-2H3,(H,38,39,40)(H,41,42,43);;;/q;3*+1/p-3/b18-8+,23-9-,29-19+;;;. The molecular weight excluding hydrogens is 738 g/mol. The first-order chi connectivity index (χ1) is 21.2. The number of carbonyl (C=O) groups excluding carboxylic acids is 1. The molecule has 0 unspecified atom stereocenters. The van der Waals surface area contributed by atoms with E-state index in [1.807, 2.05) is 30.3 Å². The number of allylic oxidation sites excluding steroid dienone is 4. The van der Waals surface area contributed by atoms with E-state index >= 15 is 0 Å². The fourth-order valence-corrected chi connectivity index (χ4v) is 5.44. The molecule has 0 atom stereocenters. The van der Waals surface area contributed by atoms with E-state index in [9.17, 15) is 35.8 Å². The van der Waals surface area contributed by atoms with Crippen LogP contribution >= 0.6 is 0 Å². The number of rotatable bonds is 8. The average Bonchev–Trinajstić information content (AvgIpc) is 3.45. The molecule has 0 aliphatic carbocycles. The van der Waals surface area contributed by atoms with E-state index in [0.717, 1.165) is 39.5 Å². The summed E-state index contributed by atoms with van der Waals surface area (Å²) in [6.07, 6.45) is 6.57. The molecule has 230 valence electrons. The Morgan fingerprint density at radius 3 is 1.81 bits per heavy atom. The normalized spacial score (nSPS) is 14.4. The predicted molar refractivity (Wildman–Crippen MR) is 162 cm³/mol. The Morgan fingerprint density at radius 1 is 0.771 bits per heavy atom. The molecule has 0 fully saturated rings. The van der Waals surface area contributed by atoms with Crippen LogP contribution in [-0.4, -0.2) is 47.3 Å². The number of amides is 1. The largest absolute Gasteiger partial charge is 1.00 e. The van der Waals surface area contributed by atoms with Gasteiger partial charge in [0.25, 0.3) is 5.91 Å². The second-order valence-corrected chi connectivity index (χ2v) is 12.6. The number of hydrogen-bond acceptors (Lipinski definition) is 10. The zero-order valence-electron chi connectivity index (χ0n) is 26.7. The molecule has 0 radical (unpaired) electrons. The van der Waals surface area contributed by atoms with Crippen molar-refractivity contribution in [3.05, 3.63) is 119 Å². The number of hydrazone groups is 1. The predicted octanol–water partition coefficient (Wildman–Crippen LogP) is -5.48. The van der Waals surface area contributed by atoms with Gasteiger partial charge in [0, 0.05) is 5.56 Å². The number of benzene rings is 3. The van der Waals surface area contributed by atoms with E-state index in [-0.39, 0.29) is 177 Å².